The number of hydrogen-bond acceptors (Lipinski definition) is 4. The summed E-state index contributed by atoms with van der Waals surface area (Å²) in [5.41, 5.74) is 1.46. The summed E-state index contributed by atoms with van der Waals surface area (Å²) in [5, 5.41) is 15.5. The van der Waals surface area contributed by atoms with Gasteiger partial charge in [-0.25, -0.2) is 4.98 Å². The molecule has 3 nitrogen and oxygen atoms in total. The Labute approximate surface area is 129 Å². The first-order valence-electron chi connectivity index (χ1n) is 6.03. The Kier molecular flexibility index (Phi) is 3.68. The van der Waals surface area contributed by atoms with E-state index >= 15 is 0 Å². The Morgan fingerprint density at radius 1 is 1.30 bits per heavy atom. The van der Waals surface area contributed by atoms with Crippen LogP contribution in [0.4, 0.5) is 5.82 Å². The molecule has 3 aromatic rings. The summed E-state index contributed by atoms with van der Waals surface area (Å²) in [4.78, 5) is 5.72. The molecule has 0 saturated carbocycles. The summed E-state index contributed by atoms with van der Waals surface area (Å²) in [6.07, 6.45) is 0. The van der Waals surface area contributed by atoms with Crippen LogP contribution in [0.1, 0.15) is 10.4 Å². The number of fused-ring (bicyclic) bond motifs is 1. The molecule has 0 atom stereocenters. The first-order chi connectivity index (χ1) is 9.76. The first-order valence-corrected chi connectivity index (χ1v) is 7.70. The van der Waals surface area contributed by atoms with Gasteiger partial charge in [0.05, 0.1) is 17.6 Å². The molecule has 5 heteroatoms. The smallest absolute Gasteiger partial charge is 0.144 e. The van der Waals surface area contributed by atoms with Crippen molar-refractivity contribution in [2.75, 3.05) is 5.32 Å². The van der Waals surface area contributed by atoms with Crippen LogP contribution in [-0.2, 0) is 6.54 Å². The van der Waals surface area contributed by atoms with E-state index in [0.29, 0.717) is 17.9 Å². The summed E-state index contributed by atoms with van der Waals surface area (Å²) in [5.74, 6) is 0.635. The summed E-state index contributed by atoms with van der Waals surface area (Å²) >= 11 is 5.10. The average Bonchev–Trinajstić information content (AvgIpc) is 2.89. The molecule has 0 aliphatic heterocycles. The molecule has 0 radical (unpaired) electrons. The highest BCUT2D eigenvalue weighted by atomic mass is 79.9. The molecule has 0 fully saturated rings. The van der Waals surface area contributed by atoms with Crippen LogP contribution >= 0.6 is 27.3 Å². The fraction of sp³-hybridized carbons (Fsp3) is 0.0667. The Bertz CT molecular complexity index is 804. The lowest BCUT2D eigenvalue weighted by Crippen LogP contribution is -2.02. The lowest BCUT2D eigenvalue weighted by atomic mass is 10.1. The third-order valence-corrected chi connectivity index (χ3v) is 4.59. The number of aromatic nitrogens is 1. The number of nitrogens with one attached hydrogen (secondary N) is 1. The number of para-hydroxylation sites is 1. The van der Waals surface area contributed by atoms with Gasteiger partial charge in [-0.15, -0.1) is 11.3 Å². The molecule has 0 spiro atoms. The maximum atomic E-state index is 9.24. The SMILES string of the molecule is N#Cc1cc2ccccc2nc1NCc1cc(Br)cs1. The molecule has 0 aliphatic rings. The molecule has 2 aromatic heterocycles. The second-order valence-electron chi connectivity index (χ2n) is 4.27. The number of hydrogen-bond donors (Lipinski definition) is 1. The third kappa shape index (κ3) is 2.67. The van der Waals surface area contributed by atoms with Gasteiger partial charge in [-0.1, -0.05) is 18.2 Å². The highest BCUT2D eigenvalue weighted by molar-refractivity contribution is 9.10. The summed E-state index contributed by atoms with van der Waals surface area (Å²) in [6.45, 7) is 0.663. The van der Waals surface area contributed by atoms with E-state index in [1.807, 2.05) is 35.7 Å². The molecule has 98 valence electrons. The molecule has 1 N–H and O–H groups in total. The topological polar surface area (TPSA) is 48.7 Å². The largest absolute Gasteiger partial charge is 0.364 e. The number of anilines is 1. The number of rotatable bonds is 3. The van der Waals surface area contributed by atoms with E-state index in [0.717, 1.165) is 15.4 Å². The van der Waals surface area contributed by atoms with Crippen molar-refractivity contribution in [1.29, 1.82) is 5.26 Å². The lowest BCUT2D eigenvalue weighted by molar-refractivity contribution is 1.15. The maximum absolute atomic E-state index is 9.24. The fourth-order valence-electron chi connectivity index (χ4n) is 1.95. The van der Waals surface area contributed by atoms with E-state index in [9.17, 15) is 5.26 Å². The Balaban J connectivity index is 1.92. The zero-order valence-corrected chi connectivity index (χ0v) is 12.8. The van der Waals surface area contributed by atoms with Crippen molar-refractivity contribution in [3.8, 4) is 6.07 Å². The minimum atomic E-state index is 0.569. The maximum Gasteiger partial charge on any atom is 0.144 e. The van der Waals surface area contributed by atoms with Gasteiger partial charge in [0.1, 0.15) is 11.9 Å². The van der Waals surface area contributed by atoms with Gasteiger partial charge in [0.25, 0.3) is 0 Å². The minimum absolute atomic E-state index is 0.569. The van der Waals surface area contributed by atoms with Crippen molar-refractivity contribution in [1.82, 2.24) is 4.98 Å². The summed E-state index contributed by atoms with van der Waals surface area (Å²) in [6, 6.07) is 13.9. The second-order valence-corrected chi connectivity index (χ2v) is 6.19. The molecule has 3 rings (SSSR count). The van der Waals surface area contributed by atoms with Crippen LogP contribution < -0.4 is 5.32 Å². The van der Waals surface area contributed by atoms with E-state index in [-0.39, 0.29) is 0 Å². The number of benzene rings is 1. The number of halogens is 1. The molecule has 0 bridgehead atoms. The molecule has 0 aliphatic carbocycles. The third-order valence-electron chi connectivity index (χ3n) is 2.90. The number of thiophene rings is 1. The minimum Gasteiger partial charge on any atom is -0.364 e. The van der Waals surface area contributed by atoms with Crippen LogP contribution in [0.2, 0.25) is 0 Å². The van der Waals surface area contributed by atoms with Crippen LogP contribution in [-0.4, -0.2) is 4.98 Å². The zero-order valence-electron chi connectivity index (χ0n) is 10.4. The molecule has 1 aromatic carbocycles. The number of pyridine rings is 1. The van der Waals surface area contributed by atoms with E-state index in [4.69, 9.17) is 0 Å². The van der Waals surface area contributed by atoms with Gasteiger partial charge in [-0.05, 0) is 34.1 Å². The van der Waals surface area contributed by atoms with Crippen LogP contribution in [0.5, 0.6) is 0 Å². The Hall–Kier alpha value is -1.90. The molecule has 0 amide bonds. The summed E-state index contributed by atoms with van der Waals surface area (Å²) < 4.78 is 1.08. The predicted octanol–water partition coefficient (Wildman–Crippen LogP) is 4.54. The first kappa shape index (κ1) is 13.1. The molecular weight excluding hydrogens is 334 g/mol. The number of nitrogens with zero attached hydrogens (tertiary/aromatic N) is 2. The standard InChI is InChI=1S/C15H10BrN3S/c16-12-6-13(20-9-12)8-18-15-11(7-17)5-10-3-1-2-4-14(10)19-15/h1-6,9H,8H2,(H,18,19). The van der Waals surface area contributed by atoms with Crippen LogP contribution in [0, 0.1) is 11.3 Å². The van der Waals surface area contributed by atoms with Crippen molar-refractivity contribution < 1.29 is 0 Å². The van der Waals surface area contributed by atoms with Gasteiger partial charge in [-0.3, -0.25) is 0 Å². The van der Waals surface area contributed by atoms with Gasteiger partial charge in [0.2, 0.25) is 0 Å². The molecule has 0 unspecified atom stereocenters. The van der Waals surface area contributed by atoms with E-state index in [2.05, 4.69) is 38.4 Å². The van der Waals surface area contributed by atoms with Crippen LogP contribution in [0.15, 0.2) is 46.3 Å². The highest BCUT2D eigenvalue weighted by Gasteiger charge is 2.07. The normalized spacial score (nSPS) is 10.4. The Morgan fingerprint density at radius 2 is 2.15 bits per heavy atom. The highest BCUT2D eigenvalue weighted by Crippen LogP contribution is 2.23. The molecular formula is C15H10BrN3S. The Morgan fingerprint density at radius 3 is 2.90 bits per heavy atom. The van der Waals surface area contributed by atoms with E-state index in [1.54, 1.807) is 11.3 Å². The fourth-order valence-corrected chi connectivity index (χ4v) is 3.34. The van der Waals surface area contributed by atoms with E-state index < -0.39 is 0 Å². The van der Waals surface area contributed by atoms with Crippen molar-refractivity contribution >= 4 is 44.0 Å². The van der Waals surface area contributed by atoms with Crippen molar-refractivity contribution in [2.45, 2.75) is 6.54 Å². The average molecular weight is 344 g/mol. The van der Waals surface area contributed by atoms with Crippen LogP contribution in [0.25, 0.3) is 10.9 Å². The van der Waals surface area contributed by atoms with Crippen molar-refractivity contribution in [3.05, 3.63) is 56.7 Å². The van der Waals surface area contributed by atoms with Gasteiger partial charge >= 0.3 is 0 Å². The van der Waals surface area contributed by atoms with Gasteiger partial charge in [-0.2, -0.15) is 5.26 Å². The van der Waals surface area contributed by atoms with Gasteiger partial charge in [0, 0.05) is 20.1 Å². The lowest BCUT2D eigenvalue weighted by Gasteiger charge is -2.07. The molecule has 0 saturated heterocycles. The van der Waals surface area contributed by atoms with Crippen molar-refractivity contribution in [3.63, 3.8) is 0 Å². The van der Waals surface area contributed by atoms with Crippen molar-refractivity contribution in [2.24, 2.45) is 0 Å². The number of nitriles is 1. The second kappa shape index (κ2) is 5.61. The zero-order chi connectivity index (χ0) is 13.9. The monoisotopic (exact) mass is 343 g/mol. The van der Waals surface area contributed by atoms with Gasteiger partial charge < -0.3 is 5.32 Å². The molecule has 2 heterocycles. The van der Waals surface area contributed by atoms with Gasteiger partial charge in [0.15, 0.2) is 0 Å². The molecule has 20 heavy (non-hydrogen) atoms. The van der Waals surface area contributed by atoms with Crippen LogP contribution in [0.3, 0.4) is 0 Å². The van der Waals surface area contributed by atoms with E-state index in [1.165, 1.54) is 4.88 Å². The summed E-state index contributed by atoms with van der Waals surface area (Å²) in [7, 11) is 0. The predicted molar refractivity (Wildman–Crippen MR) is 85.8 cm³/mol. The quantitative estimate of drug-likeness (QED) is 0.759.